The molecule has 2 aromatic rings. The number of nitrogens with zero attached hydrogens (tertiary/aromatic N) is 2. The number of rotatable bonds is 2. The molecule has 1 fully saturated rings. The molecule has 0 radical (unpaired) electrons. The largest absolute Gasteiger partial charge is 0.349 e. The maximum absolute atomic E-state index is 4.58. The Balaban J connectivity index is 1.98. The fourth-order valence-corrected chi connectivity index (χ4v) is 3.23. The van der Waals surface area contributed by atoms with Gasteiger partial charge in [-0.1, -0.05) is 30.3 Å². The van der Waals surface area contributed by atoms with Crippen LogP contribution in [0.2, 0.25) is 0 Å². The summed E-state index contributed by atoms with van der Waals surface area (Å²) in [5.41, 5.74) is 2.62. The Hall–Kier alpha value is -1.35. The highest BCUT2D eigenvalue weighted by atomic mass is 79.9. The van der Waals surface area contributed by atoms with E-state index in [0.29, 0.717) is 6.04 Å². The van der Waals surface area contributed by atoms with Crippen LogP contribution in [0.1, 0.15) is 30.0 Å². The summed E-state index contributed by atoms with van der Waals surface area (Å²) in [5, 5.41) is 0. The molecule has 1 unspecified atom stereocenters. The van der Waals surface area contributed by atoms with Gasteiger partial charge >= 0.3 is 0 Å². The Bertz CT molecular complexity index is 568. The maximum atomic E-state index is 4.58. The van der Waals surface area contributed by atoms with E-state index in [0.717, 1.165) is 16.8 Å². The predicted octanol–water partition coefficient (Wildman–Crippen LogP) is 4.49. The van der Waals surface area contributed by atoms with E-state index in [1.54, 1.807) is 0 Å². The third kappa shape index (κ3) is 2.39. The topological polar surface area (TPSA) is 16.1 Å². The van der Waals surface area contributed by atoms with Gasteiger partial charge in [0.1, 0.15) is 5.82 Å². The van der Waals surface area contributed by atoms with Crippen molar-refractivity contribution >= 4 is 21.7 Å². The summed E-state index contributed by atoms with van der Waals surface area (Å²) in [4.78, 5) is 7.00. The van der Waals surface area contributed by atoms with E-state index >= 15 is 0 Å². The zero-order chi connectivity index (χ0) is 13.2. The molecule has 0 bridgehead atoms. The van der Waals surface area contributed by atoms with Gasteiger partial charge in [-0.05, 0) is 52.9 Å². The zero-order valence-corrected chi connectivity index (χ0v) is 12.6. The van der Waals surface area contributed by atoms with Crippen molar-refractivity contribution in [1.29, 1.82) is 0 Å². The molecule has 19 heavy (non-hydrogen) atoms. The van der Waals surface area contributed by atoms with Crippen LogP contribution >= 0.6 is 15.9 Å². The average Bonchev–Trinajstić information content (AvgIpc) is 2.92. The van der Waals surface area contributed by atoms with Crippen LogP contribution in [0, 0.1) is 6.92 Å². The standard InChI is InChI=1S/C16H17BrN2/c1-12-9-10-18-16(15(12)17)19-11-5-8-14(19)13-6-3-2-4-7-13/h2-4,6-7,9-10,14H,5,8,11H2,1H3. The molecule has 0 aliphatic carbocycles. The molecule has 3 rings (SSSR count). The van der Waals surface area contributed by atoms with Gasteiger partial charge in [-0.3, -0.25) is 0 Å². The number of aryl methyl sites for hydroxylation is 1. The normalized spacial score (nSPS) is 18.8. The highest BCUT2D eigenvalue weighted by Gasteiger charge is 2.28. The van der Waals surface area contributed by atoms with Crippen LogP contribution in [-0.2, 0) is 0 Å². The summed E-state index contributed by atoms with van der Waals surface area (Å²) in [7, 11) is 0. The molecule has 1 saturated heterocycles. The minimum Gasteiger partial charge on any atom is -0.349 e. The first-order valence-corrected chi connectivity index (χ1v) is 7.49. The lowest BCUT2D eigenvalue weighted by Crippen LogP contribution is -2.24. The van der Waals surface area contributed by atoms with Gasteiger partial charge in [0, 0.05) is 12.7 Å². The summed E-state index contributed by atoms with van der Waals surface area (Å²) >= 11 is 3.69. The van der Waals surface area contributed by atoms with Crippen LogP contribution in [0.25, 0.3) is 0 Å². The smallest absolute Gasteiger partial charge is 0.143 e. The predicted molar refractivity (Wildman–Crippen MR) is 82.4 cm³/mol. The molecule has 2 heterocycles. The first kappa shape index (κ1) is 12.7. The van der Waals surface area contributed by atoms with Crippen molar-refractivity contribution in [3.8, 4) is 0 Å². The van der Waals surface area contributed by atoms with Crippen LogP contribution < -0.4 is 4.90 Å². The Morgan fingerprint density at radius 2 is 2.00 bits per heavy atom. The van der Waals surface area contributed by atoms with E-state index in [4.69, 9.17) is 0 Å². The van der Waals surface area contributed by atoms with E-state index in [1.165, 1.54) is 24.0 Å². The van der Waals surface area contributed by atoms with Crippen molar-refractivity contribution < 1.29 is 0 Å². The van der Waals surface area contributed by atoms with Crippen LogP contribution in [0.5, 0.6) is 0 Å². The van der Waals surface area contributed by atoms with Gasteiger partial charge in [0.05, 0.1) is 10.5 Å². The second-order valence-electron chi connectivity index (χ2n) is 5.03. The molecular weight excluding hydrogens is 300 g/mol. The molecule has 1 atom stereocenters. The highest BCUT2D eigenvalue weighted by Crippen LogP contribution is 2.38. The first-order valence-electron chi connectivity index (χ1n) is 6.70. The van der Waals surface area contributed by atoms with E-state index < -0.39 is 0 Å². The van der Waals surface area contributed by atoms with Gasteiger partial charge in [-0.15, -0.1) is 0 Å². The quantitative estimate of drug-likeness (QED) is 0.811. The minimum absolute atomic E-state index is 0.451. The number of anilines is 1. The molecule has 1 aliphatic rings. The zero-order valence-electron chi connectivity index (χ0n) is 11.0. The lowest BCUT2D eigenvalue weighted by Gasteiger charge is -2.27. The van der Waals surface area contributed by atoms with Gasteiger partial charge in [0.2, 0.25) is 0 Å². The van der Waals surface area contributed by atoms with Crippen LogP contribution in [0.15, 0.2) is 47.1 Å². The van der Waals surface area contributed by atoms with Gasteiger partial charge in [0.25, 0.3) is 0 Å². The van der Waals surface area contributed by atoms with Crippen molar-refractivity contribution in [2.45, 2.75) is 25.8 Å². The monoisotopic (exact) mass is 316 g/mol. The average molecular weight is 317 g/mol. The summed E-state index contributed by atoms with van der Waals surface area (Å²) in [6.45, 7) is 3.19. The molecule has 0 N–H and O–H groups in total. The van der Waals surface area contributed by atoms with Crippen LogP contribution in [0.3, 0.4) is 0 Å². The SMILES string of the molecule is Cc1ccnc(N2CCCC2c2ccccc2)c1Br. The van der Waals surface area contributed by atoms with E-state index in [9.17, 15) is 0 Å². The number of hydrogen-bond donors (Lipinski definition) is 0. The third-order valence-electron chi connectivity index (χ3n) is 3.77. The molecular formula is C16H17BrN2. The second kappa shape index (κ2) is 5.33. The molecule has 1 aromatic heterocycles. The number of pyridine rings is 1. The molecule has 2 nitrogen and oxygen atoms in total. The number of benzene rings is 1. The Labute approximate surface area is 122 Å². The molecule has 1 aromatic carbocycles. The second-order valence-corrected chi connectivity index (χ2v) is 5.82. The Kier molecular flexibility index (Phi) is 3.56. The lowest BCUT2D eigenvalue weighted by atomic mass is 10.0. The maximum Gasteiger partial charge on any atom is 0.143 e. The van der Waals surface area contributed by atoms with Gasteiger partial charge in [0.15, 0.2) is 0 Å². The number of aromatic nitrogens is 1. The van der Waals surface area contributed by atoms with Crippen LogP contribution in [0.4, 0.5) is 5.82 Å². The van der Waals surface area contributed by atoms with Gasteiger partial charge in [-0.2, -0.15) is 0 Å². The summed E-state index contributed by atoms with van der Waals surface area (Å²) in [6.07, 6.45) is 4.32. The Morgan fingerprint density at radius 1 is 1.21 bits per heavy atom. The fraction of sp³-hybridized carbons (Fsp3) is 0.312. The third-order valence-corrected chi connectivity index (χ3v) is 4.75. The number of halogens is 1. The first-order chi connectivity index (χ1) is 9.27. The van der Waals surface area contributed by atoms with Crippen molar-refractivity contribution in [2.24, 2.45) is 0 Å². The van der Waals surface area contributed by atoms with Crippen molar-refractivity contribution in [3.63, 3.8) is 0 Å². The van der Waals surface area contributed by atoms with Gasteiger partial charge < -0.3 is 4.90 Å². The minimum atomic E-state index is 0.451. The Morgan fingerprint density at radius 3 is 2.79 bits per heavy atom. The van der Waals surface area contributed by atoms with Gasteiger partial charge in [-0.25, -0.2) is 4.98 Å². The molecule has 98 valence electrons. The summed E-state index contributed by atoms with van der Waals surface area (Å²) in [5.74, 6) is 1.08. The molecule has 3 heteroatoms. The summed E-state index contributed by atoms with van der Waals surface area (Å²) < 4.78 is 1.12. The number of hydrogen-bond acceptors (Lipinski definition) is 2. The molecule has 0 amide bonds. The van der Waals surface area contributed by atoms with Crippen molar-refractivity contribution in [2.75, 3.05) is 11.4 Å². The molecule has 0 spiro atoms. The lowest BCUT2D eigenvalue weighted by molar-refractivity contribution is 0.710. The highest BCUT2D eigenvalue weighted by molar-refractivity contribution is 9.10. The van der Waals surface area contributed by atoms with Crippen molar-refractivity contribution in [3.05, 3.63) is 58.2 Å². The fourth-order valence-electron chi connectivity index (χ4n) is 2.77. The van der Waals surface area contributed by atoms with E-state index in [-0.39, 0.29) is 0 Å². The summed E-state index contributed by atoms with van der Waals surface area (Å²) in [6, 6.07) is 13.2. The molecule has 0 saturated carbocycles. The van der Waals surface area contributed by atoms with Crippen LogP contribution in [-0.4, -0.2) is 11.5 Å². The van der Waals surface area contributed by atoms with E-state index in [2.05, 4.69) is 63.1 Å². The van der Waals surface area contributed by atoms with Crippen molar-refractivity contribution in [1.82, 2.24) is 4.98 Å². The molecule has 1 aliphatic heterocycles. The van der Waals surface area contributed by atoms with E-state index in [1.807, 2.05) is 12.3 Å².